The molecule has 0 saturated heterocycles. The van der Waals surface area contributed by atoms with E-state index in [-0.39, 0.29) is 18.0 Å². The summed E-state index contributed by atoms with van der Waals surface area (Å²) in [7, 11) is 1.93. The molecule has 12 heteroatoms. The smallest absolute Gasteiger partial charge is 0.270 e. The quantitative estimate of drug-likeness (QED) is 0.257. The first-order valence-corrected chi connectivity index (χ1v) is 11.6. The van der Waals surface area contributed by atoms with E-state index in [1.807, 2.05) is 23.9 Å². The first-order chi connectivity index (χ1) is 17.0. The molecule has 1 fully saturated rings. The first kappa shape index (κ1) is 21.4. The standard InChI is InChI=1S/C23H25FN10O/c1-34-6-5-15-20(28-13-3-2-4-14(8-13)29-23(35)18-11-27-33-32-18)30-21(31-22(15)34)17-10-26-19-16(17)7-12(24)9-25-19/h5-7,9-11,13-14,27,32-33H,2-4,8H2,1H3,(H,25,26)(H,29,35)(H,28,30,31). The van der Waals surface area contributed by atoms with Crippen LogP contribution in [0, 0.1) is 5.82 Å². The molecule has 0 spiro atoms. The van der Waals surface area contributed by atoms with Crippen LogP contribution in [0.4, 0.5) is 10.2 Å². The van der Waals surface area contributed by atoms with Gasteiger partial charge in [0, 0.05) is 48.7 Å². The van der Waals surface area contributed by atoms with Gasteiger partial charge in [-0.3, -0.25) is 10.2 Å². The van der Waals surface area contributed by atoms with Crippen LogP contribution >= 0.6 is 0 Å². The number of hydrazine groups is 2. The van der Waals surface area contributed by atoms with Gasteiger partial charge in [-0.2, -0.15) is 5.53 Å². The van der Waals surface area contributed by atoms with E-state index >= 15 is 0 Å². The molecule has 1 aliphatic carbocycles. The molecule has 35 heavy (non-hydrogen) atoms. The Morgan fingerprint density at radius 2 is 2.11 bits per heavy atom. The monoisotopic (exact) mass is 476 g/mol. The van der Waals surface area contributed by atoms with Crippen LogP contribution in [-0.2, 0) is 11.8 Å². The number of pyridine rings is 1. The minimum absolute atomic E-state index is 0.0484. The van der Waals surface area contributed by atoms with Gasteiger partial charge in [-0.15, -0.1) is 0 Å². The molecule has 0 radical (unpaired) electrons. The number of H-pyrrole nitrogens is 1. The summed E-state index contributed by atoms with van der Waals surface area (Å²) in [5.41, 5.74) is 10.7. The van der Waals surface area contributed by atoms with Crippen molar-refractivity contribution >= 4 is 33.8 Å². The first-order valence-electron chi connectivity index (χ1n) is 11.6. The summed E-state index contributed by atoms with van der Waals surface area (Å²) in [6, 6.07) is 3.60. The van der Waals surface area contributed by atoms with Crippen molar-refractivity contribution < 1.29 is 9.18 Å². The molecular formula is C23H25FN10O. The van der Waals surface area contributed by atoms with Crippen molar-refractivity contribution in [1.29, 1.82) is 0 Å². The molecule has 1 aliphatic heterocycles. The van der Waals surface area contributed by atoms with Gasteiger partial charge in [0.15, 0.2) is 5.82 Å². The third kappa shape index (κ3) is 4.01. The van der Waals surface area contributed by atoms with Gasteiger partial charge in [0.25, 0.3) is 5.91 Å². The van der Waals surface area contributed by atoms with Gasteiger partial charge in [-0.25, -0.2) is 19.3 Å². The highest BCUT2D eigenvalue weighted by Gasteiger charge is 2.26. The zero-order valence-electron chi connectivity index (χ0n) is 19.0. The van der Waals surface area contributed by atoms with Crippen LogP contribution < -0.4 is 27.0 Å². The number of nitrogens with zero attached hydrogens (tertiary/aromatic N) is 4. The summed E-state index contributed by atoms with van der Waals surface area (Å²) in [4.78, 5) is 29.3. The van der Waals surface area contributed by atoms with Crippen molar-refractivity contribution in [2.45, 2.75) is 37.8 Å². The molecule has 4 aromatic heterocycles. The predicted molar refractivity (Wildman–Crippen MR) is 129 cm³/mol. The van der Waals surface area contributed by atoms with Crippen LogP contribution in [0.3, 0.4) is 0 Å². The lowest BCUT2D eigenvalue weighted by Gasteiger charge is -2.31. The maximum atomic E-state index is 13.9. The molecule has 180 valence electrons. The van der Waals surface area contributed by atoms with Crippen molar-refractivity contribution in [2.75, 3.05) is 5.32 Å². The largest absolute Gasteiger partial charge is 0.367 e. The summed E-state index contributed by atoms with van der Waals surface area (Å²) in [6.07, 6.45) is 10.1. The number of fused-ring (bicyclic) bond motifs is 2. The Labute approximate surface area is 199 Å². The minimum Gasteiger partial charge on any atom is -0.367 e. The summed E-state index contributed by atoms with van der Waals surface area (Å²) in [6.45, 7) is 0. The average molecular weight is 477 g/mol. The lowest BCUT2D eigenvalue weighted by molar-refractivity contribution is -0.118. The van der Waals surface area contributed by atoms with Gasteiger partial charge >= 0.3 is 0 Å². The molecule has 1 amide bonds. The molecule has 0 bridgehead atoms. The fraction of sp³-hybridized carbons (Fsp3) is 0.304. The number of carbonyl (C=O) groups is 1. The number of halogens is 1. The highest BCUT2D eigenvalue weighted by Crippen LogP contribution is 2.31. The van der Waals surface area contributed by atoms with Gasteiger partial charge in [-0.1, -0.05) is 0 Å². The number of aryl methyl sites for hydroxylation is 1. The highest BCUT2D eigenvalue weighted by atomic mass is 19.1. The topological polar surface area (TPSA) is 137 Å². The Morgan fingerprint density at radius 3 is 2.97 bits per heavy atom. The molecule has 5 heterocycles. The molecule has 2 aliphatic rings. The SMILES string of the molecule is Cn1ccc2c(NC3CCCC(NC(=O)C4=CNNN4)C3)nc(-c3c[nH]c4ncc(F)cc34)nc21. The van der Waals surface area contributed by atoms with E-state index in [4.69, 9.17) is 9.97 Å². The second kappa shape index (κ2) is 8.55. The van der Waals surface area contributed by atoms with Crippen LogP contribution in [0.25, 0.3) is 33.5 Å². The summed E-state index contributed by atoms with van der Waals surface area (Å²) in [5.74, 6) is 0.639. The summed E-state index contributed by atoms with van der Waals surface area (Å²) >= 11 is 0. The number of carbonyl (C=O) groups excluding carboxylic acids is 1. The Hall–Kier alpha value is -4.19. The predicted octanol–water partition coefficient (Wildman–Crippen LogP) is 1.94. The molecular weight excluding hydrogens is 451 g/mol. The highest BCUT2D eigenvalue weighted by molar-refractivity contribution is 5.95. The third-order valence-corrected chi connectivity index (χ3v) is 6.54. The molecule has 2 unspecified atom stereocenters. The van der Waals surface area contributed by atoms with Crippen molar-refractivity contribution in [3.05, 3.63) is 48.4 Å². The molecule has 1 saturated carbocycles. The van der Waals surface area contributed by atoms with Gasteiger partial charge in [0.2, 0.25) is 0 Å². The van der Waals surface area contributed by atoms with Crippen molar-refractivity contribution in [1.82, 2.24) is 46.2 Å². The molecule has 6 rings (SSSR count). The molecule has 4 aromatic rings. The van der Waals surface area contributed by atoms with E-state index in [9.17, 15) is 9.18 Å². The Kier molecular flexibility index (Phi) is 5.21. The van der Waals surface area contributed by atoms with E-state index in [0.717, 1.165) is 42.5 Å². The second-order valence-electron chi connectivity index (χ2n) is 8.94. The maximum Gasteiger partial charge on any atom is 0.270 e. The van der Waals surface area contributed by atoms with E-state index in [0.29, 0.717) is 28.1 Å². The van der Waals surface area contributed by atoms with Crippen LogP contribution in [0.2, 0.25) is 0 Å². The normalized spacial score (nSPS) is 19.9. The van der Waals surface area contributed by atoms with Crippen molar-refractivity contribution in [2.24, 2.45) is 7.05 Å². The maximum absolute atomic E-state index is 13.9. The van der Waals surface area contributed by atoms with Crippen LogP contribution in [0.5, 0.6) is 0 Å². The number of hydrogen-bond donors (Lipinski definition) is 6. The van der Waals surface area contributed by atoms with E-state index in [1.165, 1.54) is 12.3 Å². The van der Waals surface area contributed by atoms with Gasteiger partial charge in [-0.05, 0) is 37.8 Å². The number of aromatic amines is 1. The lowest BCUT2D eigenvalue weighted by Crippen LogP contribution is -2.44. The zero-order valence-corrected chi connectivity index (χ0v) is 19.0. The van der Waals surface area contributed by atoms with Crippen molar-refractivity contribution in [3.63, 3.8) is 0 Å². The molecule has 6 N–H and O–H groups in total. The minimum atomic E-state index is -0.415. The number of anilines is 1. The van der Waals surface area contributed by atoms with Crippen LogP contribution in [-0.4, -0.2) is 42.5 Å². The number of nitrogens with one attached hydrogen (secondary N) is 6. The average Bonchev–Trinajstić information content (AvgIpc) is 3.60. The lowest BCUT2D eigenvalue weighted by atomic mass is 9.90. The number of amides is 1. The Balaban J connectivity index is 1.29. The van der Waals surface area contributed by atoms with E-state index < -0.39 is 5.82 Å². The Morgan fingerprint density at radius 1 is 1.23 bits per heavy atom. The van der Waals surface area contributed by atoms with Gasteiger partial charge in [0.05, 0.1) is 11.6 Å². The van der Waals surface area contributed by atoms with E-state index in [1.54, 1.807) is 12.4 Å². The number of rotatable bonds is 5. The van der Waals surface area contributed by atoms with Crippen molar-refractivity contribution in [3.8, 4) is 11.4 Å². The summed E-state index contributed by atoms with van der Waals surface area (Å²) in [5, 5.41) is 8.24. The fourth-order valence-corrected chi connectivity index (χ4v) is 4.81. The Bertz CT molecular complexity index is 1460. The molecule has 0 aromatic carbocycles. The second-order valence-corrected chi connectivity index (χ2v) is 8.94. The summed E-state index contributed by atoms with van der Waals surface area (Å²) < 4.78 is 15.9. The molecule has 11 nitrogen and oxygen atoms in total. The number of aromatic nitrogens is 5. The van der Waals surface area contributed by atoms with E-state index in [2.05, 4.69) is 37.0 Å². The number of hydrogen-bond acceptors (Lipinski definition) is 8. The third-order valence-electron chi connectivity index (χ3n) is 6.54. The van der Waals surface area contributed by atoms with Gasteiger partial charge in [0.1, 0.15) is 28.6 Å². The zero-order chi connectivity index (χ0) is 23.9. The fourth-order valence-electron chi connectivity index (χ4n) is 4.81. The van der Waals surface area contributed by atoms with Crippen LogP contribution in [0.15, 0.2) is 42.6 Å². The molecule has 2 atom stereocenters. The van der Waals surface area contributed by atoms with Gasteiger partial charge < -0.3 is 25.6 Å². The van der Waals surface area contributed by atoms with Crippen LogP contribution in [0.1, 0.15) is 25.7 Å².